The molecule has 2 heterocycles. The molecular formula is C25H28N2O6S. The molecule has 0 bridgehead atoms. The van der Waals surface area contributed by atoms with Gasteiger partial charge in [-0.3, -0.25) is 4.79 Å². The van der Waals surface area contributed by atoms with E-state index in [0.29, 0.717) is 37.6 Å². The molecule has 34 heavy (non-hydrogen) atoms. The molecule has 0 N–H and O–H groups in total. The van der Waals surface area contributed by atoms with Gasteiger partial charge in [0.05, 0.1) is 25.2 Å². The monoisotopic (exact) mass is 484 g/mol. The van der Waals surface area contributed by atoms with Gasteiger partial charge < -0.3 is 18.8 Å². The first kappa shape index (κ1) is 24.0. The largest absolute Gasteiger partial charge is 0.497 e. The van der Waals surface area contributed by atoms with Crippen molar-refractivity contribution in [2.45, 2.75) is 18.7 Å². The fourth-order valence-corrected chi connectivity index (χ4v) is 5.45. The van der Waals surface area contributed by atoms with Crippen LogP contribution in [0.15, 0.2) is 59.5 Å². The lowest BCUT2D eigenvalue weighted by molar-refractivity contribution is 0.0730. The maximum Gasteiger partial charge on any atom is 0.243 e. The second kappa shape index (κ2) is 10.0. The molecule has 0 unspecified atom stereocenters. The molecule has 2 aromatic carbocycles. The lowest BCUT2D eigenvalue weighted by atomic mass is 10.1. The van der Waals surface area contributed by atoms with E-state index in [1.807, 2.05) is 48.7 Å². The van der Waals surface area contributed by atoms with E-state index >= 15 is 0 Å². The highest BCUT2D eigenvalue weighted by Gasteiger charge is 2.26. The SMILES string of the molecule is COc1ccc(-n2c(C)cc(C(=O)COc3ccc(S(=O)(=O)N4CCOCC4)cc3)c2C)cc1. The molecular weight excluding hydrogens is 456 g/mol. The number of methoxy groups -OCH3 is 1. The van der Waals surface area contributed by atoms with Crippen LogP contribution in [-0.2, 0) is 14.8 Å². The van der Waals surface area contributed by atoms with E-state index in [1.54, 1.807) is 19.2 Å². The summed E-state index contributed by atoms with van der Waals surface area (Å²) < 4.78 is 45.0. The van der Waals surface area contributed by atoms with Crippen LogP contribution in [0.3, 0.4) is 0 Å². The summed E-state index contributed by atoms with van der Waals surface area (Å²) in [4.78, 5) is 13.1. The molecule has 1 aromatic heterocycles. The van der Waals surface area contributed by atoms with Crippen LogP contribution >= 0.6 is 0 Å². The van der Waals surface area contributed by atoms with Crippen LogP contribution in [0.5, 0.6) is 11.5 Å². The summed E-state index contributed by atoms with van der Waals surface area (Å²) in [7, 11) is -1.95. The van der Waals surface area contributed by atoms with Crippen LogP contribution in [0.25, 0.3) is 5.69 Å². The number of morpholine rings is 1. The molecule has 1 aliphatic rings. The average Bonchev–Trinajstić information content (AvgIpc) is 3.17. The van der Waals surface area contributed by atoms with Gasteiger partial charge in [-0.25, -0.2) is 8.42 Å². The molecule has 0 amide bonds. The molecule has 0 spiro atoms. The van der Waals surface area contributed by atoms with Crippen LogP contribution in [-0.4, -0.2) is 63.1 Å². The molecule has 8 nitrogen and oxygen atoms in total. The molecule has 0 aliphatic carbocycles. The fourth-order valence-electron chi connectivity index (χ4n) is 4.04. The Morgan fingerprint density at radius 1 is 0.971 bits per heavy atom. The van der Waals surface area contributed by atoms with E-state index < -0.39 is 10.0 Å². The molecule has 9 heteroatoms. The Hall–Kier alpha value is -3.14. The number of hydrogen-bond acceptors (Lipinski definition) is 6. The number of ketones is 1. The van der Waals surface area contributed by atoms with Crippen molar-refractivity contribution in [2.75, 3.05) is 40.0 Å². The topological polar surface area (TPSA) is 87.1 Å². The number of rotatable bonds is 8. The highest BCUT2D eigenvalue weighted by atomic mass is 32.2. The average molecular weight is 485 g/mol. The van der Waals surface area contributed by atoms with Crippen LogP contribution in [0.2, 0.25) is 0 Å². The summed E-state index contributed by atoms with van der Waals surface area (Å²) in [5, 5.41) is 0. The van der Waals surface area contributed by atoms with Crippen molar-refractivity contribution >= 4 is 15.8 Å². The van der Waals surface area contributed by atoms with Crippen molar-refractivity contribution in [1.82, 2.24) is 8.87 Å². The van der Waals surface area contributed by atoms with Gasteiger partial charge in [-0.05, 0) is 68.4 Å². The second-order valence-corrected chi connectivity index (χ2v) is 9.96. The first-order chi connectivity index (χ1) is 16.3. The third-order valence-corrected chi connectivity index (χ3v) is 7.78. The van der Waals surface area contributed by atoms with E-state index in [9.17, 15) is 13.2 Å². The van der Waals surface area contributed by atoms with E-state index in [4.69, 9.17) is 14.2 Å². The minimum absolute atomic E-state index is 0.150. The van der Waals surface area contributed by atoms with Gasteiger partial charge in [-0.15, -0.1) is 0 Å². The van der Waals surface area contributed by atoms with Crippen LogP contribution in [0.4, 0.5) is 0 Å². The number of carbonyl (C=O) groups excluding carboxylic acids is 1. The Balaban J connectivity index is 1.44. The molecule has 1 saturated heterocycles. The molecule has 1 aliphatic heterocycles. The Bertz CT molecular complexity index is 1260. The molecule has 180 valence electrons. The Morgan fingerprint density at radius 3 is 2.21 bits per heavy atom. The van der Waals surface area contributed by atoms with E-state index in [0.717, 1.165) is 22.8 Å². The van der Waals surface area contributed by atoms with Crippen molar-refractivity contribution < 1.29 is 27.4 Å². The molecule has 0 atom stereocenters. The highest BCUT2D eigenvalue weighted by molar-refractivity contribution is 7.89. The van der Waals surface area contributed by atoms with Gasteiger partial charge in [0.1, 0.15) is 11.5 Å². The number of Topliss-reactive ketones (excluding diaryl/α,β-unsaturated/α-hetero) is 1. The summed E-state index contributed by atoms with van der Waals surface area (Å²) in [5.41, 5.74) is 3.28. The number of ether oxygens (including phenoxy) is 3. The number of aryl methyl sites for hydroxylation is 1. The van der Waals surface area contributed by atoms with Crippen molar-refractivity contribution in [3.8, 4) is 17.2 Å². The zero-order chi connectivity index (χ0) is 24.3. The van der Waals surface area contributed by atoms with Crippen molar-refractivity contribution in [3.63, 3.8) is 0 Å². The number of hydrogen-bond donors (Lipinski definition) is 0. The first-order valence-electron chi connectivity index (χ1n) is 11.0. The van der Waals surface area contributed by atoms with E-state index in [2.05, 4.69) is 0 Å². The Labute approximate surface area is 199 Å². The summed E-state index contributed by atoms with van der Waals surface area (Å²) >= 11 is 0. The summed E-state index contributed by atoms with van der Waals surface area (Å²) in [6, 6.07) is 15.6. The Kier molecular flexibility index (Phi) is 7.06. The lowest BCUT2D eigenvalue weighted by Crippen LogP contribution is -2.40. The first-order valence-corrected chi connectivity index (χ1v) is 12.4. The van der Waals surface area contributed by atoms with Gasteiger partial charge in [0.2, 0.25) is 15.8 Å². The van der Waals surface area contributed by atoms with Gasteiger partial charge in [0, 0.05) is 35.7 Å². The zero-order valence-electron chi connectivity index (χ0n) is 19.5. The Morgan fingerprint density at radius 2 is 1.59 bits per heavy atom. The maximum atomic E-state index is 12.9. The lowest BCUT2D eigenvalue weighted by Gasteiger charge is -2.26. The molecule has 0 radical (unpaired) electrons. The van der Waals surface area contributed by atoms with Gasteiger partial charge in [-0.2, -0.15) is 4.31 Å². The van der Waals surface area contributed by atoms with Gasteiger partial charge in [0.25, 0.3) is 0 Å². The number of sulfonamides is 1. The summed E-state index contributed by atoms with van der Waals surface area (Å²) in [6.45, 7) is 5.15. The van der Waals surface area contributed by atoms with Crippen molar-refractivity contribution in [2.24, 2.45) is 0 Å². The van der Waals surface area contributed by atoms with Crippen LogP contribution in [0, 0.1) is 13.8 Å². The minimum atomic E-state index is -3.57. The summed E-state index contributed by atoms with van der Waals surface area (Å²) in [6.07, 6.45) is 0. The van der Waals surface area contributed by atoms with Gasteiger partial charge in [0.15, 0.2) is 6.61 Å². The molecule has 4 rings (SSSR count). The standard InChI is InChI=1S/C25H28N2O6S/c1-18-16-24(19(2)27(18)20-4-6-21(31-3)7-5-20)25(28)17-33-22-8-10-23(11-9-22)34(29,30)26-12-14-32-15-13-26/h4-11,16H,12-15,17H2,1-3H3. The normalized spacial score (nSPS) is 14.7. The van der Waals surface area contributed by atoms with Crippen LogP contribution in [0.1, 0.15) is 21.7 Å². The van der Waals surface area contributed by atoms with Gasteiger partial charge >= 0.3 is 0 Å². The predicted molar refractivity (Wildman–Crippen MR) is 128 cm³/mol. The highest BCUT2D eigenvalue weighted by Crippen LogP contribution is 2.24. The number of nitrogens with zero attached hydrogens (tertiary/aromatic N) is 2. The fraction of sp³-hybridized carbons (Fsp3) is 0.320. The number of carbonyl (C=O) groups is 1. The van der Waals surface area contributed by atoms with Gasteiger partial charge in [-0.1, -0.05) is 0 Å². The second-order valence-electron chi connectivity index (χ2n) is 8.02. The minimum Gasteiger partial charge on any atom is -0.497 e. The van der Waals surface area contributed by atoms with Crippen molar-refractivity contribution in [1.29, 1.82) is 0 Å². The third-order valence-electron chi connectivity index (χ3n) is 5.86. The smallest absolute Gasteiger partial charge is 0.243 e. The van der Waals surface area contributed by atoms with Crippen LogP contribution < -0.4 is 9.47 Å². The third kappa shape index (κ3) is 4.86. The number of benzene rings is 2. The molecule has 3 aromatic rings. The van der Waals surface area contributed by atoms with E-state index in [1.165, 1.54) is 16.4 Å². The maximum absolute atomic E-state index is 12.9. The van der Waals surface area contributed by atoms with Crippen molar-refractivity contribution in [3.05, 3.63) is 71.5 Å². The molecule has 0 saturated carbocycles. The van der Waals surface area contributed by atoms with E-state index in [-0.39, 0.29) is 17.3 Å². The molecule has 1 fully saturated rings. The zero-order valence-corrected chi connectivity index (χ0v) is 20.3. The predicted octanol–water partition coefficient (Wildman–Crippen LogP) is 3.39. The quantitative estimate of drug-likeness (QED) is 0.456. The summed E-state index contributed by atoms with van der Waals surface area (Å²) in [5.74, 6) is 1.04. The number of aromatic nitrogens is 1.